The molecule has 0 fully saturated rings. The van der Waals surface area contributed by atoms with Gasteiger partial charge in [-0.15, -0.1) is 11.3 Å². The molecule has 2 rings (SSSR count). The van der Waals surface area contributed by atoms with Crippen molar-refractivity contribution in [2.24, 2.45) is 0 Å². The zero-order valence-corrected chi connectivity index (χ0v) is 13.2. The molecule has 0 saturated carbocycles. The molecule has 2 heterocycles. The van der Waals surface area contributed by atoms with E-state index in [0.717, 1.165) is 30.3 Å². The van der Waals surface area contributed by atoms with Gasteiger partial charge < -0.3 is 10.2 Å². The average molecular weight is 290 g/mol. The van der Waals surface area contributed by atoms with Crippen LogP contribution in [0.25, 0.3) is 0 Å². The molecule has 5 heteroatoms. The van der Waals surface area contributed by atoms with Crippen LogP contribution < -0.4 is 10.2 Å². The average Bonchev–Trinajstić information content (AvgIpc) is 2.96. The molecule has 2 aromatic rings. The second-order valence-electron chi connectivity index (χ2n) is 4.94. The fourth-order valence-electron chi connectivity index (χ4n) is 1.95. The maximum atomic E-state index is 4.73. The summed E-state index contributed by atoms with van der Waals surface area (Å²) in [5.74, 6) is 0. The number of pyridine rings is 1. The lowest BCUT2D eigenvalue weighted by Gasteiger charge is -2.16. The van der Waals surface area contributed by atoms with E-state index in [4.69, 9.17) is 4.98 Å². The molecule has 0 aromatic carbocycles. The third-order valence-electron chi connectivity index (χ3n) is 3.15. The van der Waals surface area contributed by atoms with Gasteiger partial charge in [-0.05, 0) is 37.6 Å². The molecule has 20 heavy (non-hydrogen) atoms. The van der Waals surface area contributed by atoms with Gasteiger partial charge in [-0.3, -0.25) is 4.98 Å². The highest BCUT2D eigenvalue weighted by Crippen LogP contribution is 2.24. The van der Waals surface area contributed by atoms with Gasteiger partial charge in [-0.1, -0.05) is 6.92 Å². The van der Waals surface area contributed by atoms with E-state index >= 15 is 0 Å². The molecule has 0 aliphatic rings. The second-order valence-corrected chi connectivity index (χ2v) is 5.78. The quantitative estimate of drug-likeness (QED) is 0.850. The Kier molecular flexibility index (Phi) is 5.49. The zero-order chi connectivity index (χ0) is 14.4. The zero-order valence-electron chi connectivity index (χ0n) is 12.3. The van der Waals surface area contributed by atoms with Gasteiger partial charge in [0, 0.05) is 37.4 Å². The molecule has 0 saturated heterocycles. The molecule has 0 spiro atoms. The first-order valence-corrected chi connectivity index (χ1v) is 7.87. The Morgan fingerprint density at radius 3 is 2.80 bits per heavy atom. The normalized spacial score (nSPS) is 12.3. The number of thiazole rings is 1. The summed E-state index contributed by atoms with van der Waals surface area (Å²) in [5, 5.41) is 6.67. The van der Waals surface area contributed by atoms with Crippen molar-refractivity contribution in [3.05, 3.63) is 41.2 Å². The maximum Gasteiger partial charge on any atom is 0.185 e. The highest BCUT2D eigenvalue weighted by molar-refractivity contribution is 7.13. The van der Waals surface area contributed by atoms with Crippen LogP contribution in [0, 0.1) is 0 Å². The molecule has 1 atom stereocenters. The predicted molar refractivity (Wildman–Crippen MR) is 85.2 cm³/mol. The summed E-state index contributed by atoms with van der Waals surface area (Å²) >= 11 is 1.70. The van der Waals surface area contributed by atoms with Gasteiger partial charge in [0.2, 0.25) is 0 Å². The number of anilines is 1. The van der Waals surface area contributed by atoms with Crippen molar-refractivity contribution in [3.8, 4) is 0 Å². The third kappa shape index (κ3) is 4.02. The number of aromatic nitrogens is 2. The number of nitrogens with one attached hydrogen (secondary N) is 1. The predicted octanol–water partition coefficient (Wildman–Crippen LogP) is 3.24. The van der Waals surface area contributed by atoms with Crippen molar-refractivity contribution in [1.82, 2.24) is 15.3 Å². The molecule has 1 unspecified atom stereocenters. The highest BCUT2D eigenvalue weighted by Gasteiger charge is 2.12. The van der Waals surface area contributed by atoms with Gasteiger partial charge in [0.1, 0.15) is 0 Å². The number of hydrogen-bond donors (Lipinski definition) is 1. The van der Waals surface area contributed by atoms with Crippen LogP contribution in [0.15, 0.2) is 29.9 Å². The lowest BCUT2D eigenvalue weighted by atomic mass is 10.2. The lowest BCUT2D eigenvalue weighted by molar-refractivity contribution is 0.561. The summed E-state index contributed by atoms with van der Waals surface area (Å²) in [6, 6.07) is 4.39. The third-order valence-corrected chi connectivity index (χ3v) is 4.12. The molecule has 0 aliphatic carbocycles. The Hall–Kier alpha value is -1.46. The van der Waals surface area contributed by atoms with Crippen LogP contribution in [-0.4, -0.2) is 23.6 Å². The van der Waals surface area contributed by atoms with Gasteiger partial charge in [-0.25, -0.2) is 4.98 Å². The minimum Gasteiger partial charge on any atom is -0.347 e. The van der Waals surface area contributed by atoms with Crippen LogP contribution in [0.4, 0.5) is 5.13 Å². The first-order valence-electron chi connectivity index (χ1n) is 6.99. The van der Waals surface area contributed by atoms with Crippen LogP contribution >= 0.6 is 11.3 Å². The molecule has 0 aliphatic heterocycles. The summed E-state index contributed by atoms with van der Waals surface area (Å²) in [5.41, 5.74) is 2.37. The molecule has 108 valence electrons. The summed E-state index contributed by atoms with van der Waals surface area (Å²) in [6.07, 6.45) is 4.80. The number of nitrogens with zero attached hydrogens (tertiary/aromatic N) is 3. The SMILES string of the molecule is CCCNC(C)c1csc(N(C)Cc2ccncc2)n1. The van der Waals surface area contributed by atoms with Crippen molar-refractivity contribution >= 4 is 16.5 Å². The van der Waals surface area contributed by atoms with Crippen LogP contribution in [0.1, 0.15) is 37.6 Å². The Bertz CT molecular complexity index is 512. The van der Waals surface area contributed by atoms with Crippen molar-refractivity contribution < 1.29 is 0 Å². The van der Waals surface area contributed by atoms with Crippen LogP contribution in [0.3, 0.4) is 0 Å². The Labute approximate surface area is 124 Å². The monoisotopic (exact) mass is 290 g/mol. The van der Waals surface area contributed by atoms with E-state index in [1.165, 1.54) is 5.56 Å². The minimum absolute atomic E-state index is 0.314. The fourth-order valence-corrected chi connectivity index (χ4v) is 2.83. The molecule has 0 bridgehead atoms. The molecule has 0 radical (unpaired) electrons. The smallest absolute Gasteiger partial charge is 0.185 e. The standard InChI is InChI=1S/C15H22N4S/c1-4-7-17-12(2)14-11-20-15(18-14)19(3)10-13-5-8-16-9-6-13/h5-6,8-9,11-12,17H,4,7,10H2,1-3H3. The van der Waals surface area contributed by atoms with Crippen molar-refractivity contribution in [1.29, 1.82) is 0 Å². The van der Waals surface area contributed by atoms with Gasteiger partial charge >= 0.3 is 0 Å². The summed E-state index contributed by atoms with van der Waals surface area (Å²) < 4.78 is 0. The molecule has 0 amide bonds. The molecule has 1 N–H and O–H groups in total. The summed E-state index contributed by atoms with van der Waals surface area (Å²) in [7, 11) is 2.08. The summed E-state index contributed by atoms with van der Waals surface area (Å²) in [6.45, 7) is 6.22. The van der Waals surface area contributed by atoms with Gasteiger partial charge in [0.05, 0.1) is 5.69 Å². The largest absolute Gasteiger partial charge is 0.347 e. The fraction of sp³-hybridized carbons (Fsp3) is 0.467. The maximum absolute atomic E-state index is 4.73. The van der Waals surface area contributed by atoms with E-state index in [9.17, 15) is 0 Å². The summed E-state index contributed by atoms with van der Waals surface area (Å²) in [4.78, 5) is 10.9. The van der Waals surface area contributed by atoms with Crippen molar-refractivity contribution in [2.45, 2.75) is 32.9 Å². The van der Waals surface area contributed by atoms with Gasteiger partial charge in [0.25, 0.3) is 0 Å². The van der Waals surface area contributed by atoms with E-state index in [1.807, 2.05) is 24.5 Å². The second kappa shape index (κ2) is 7.36. The Morgan fingerprint density at radius 2 is 2.10 bits per heavy atom. The lowest BCUT2D eigenvalue weighted by Crippen LogP contribution is -2.20. The number of hydrogen-bond acceptors (Lipinski definition) is 5. The topological polar surface area (TPSA) is 41.0 Å². The van der Waals surface area contributed by atoms with Crippen LogP contribution in [-0.2, 0) is 6.54 Å². The number of rotatable bonds is 7. The Balaban J connectivity index is 1.97. The Morgan fingerprint density at radius 1 is 1.35 bits per heavy atom. The van der Waals surface area contributed by atoms with E-state index in [1.54, 1.807) is 11.3 Å². The van der Waals surface area contributed by atoms with Crippen molar-refractivity contribution in [2.75, 3.05) is 18.5 Å². The van der Waals surface area contributed by atoms with Gasteiger partial charge in [0.15, 0.2) is 5.13 Å². The van der Waals surface area contributed by atoms with E-state index in [-0.39, 0.29) is 0 Å². The van der Waals surface area contributed by atoms with Crippen molar-refractivity contribution in [3.63, 3.8) is 0 Å². The van der Waals surface area contributed by atoms with E-state index in [0.29, 0.717) is 6.04 Å². The van der Waals surface area contributed by atoms with Crippen LogP contribution in [0.5, 0.6) is 0 Å². The first kappa shape index (κ1) is 14.9. The molecular weight excluding hydrogens is 268 g/mol. The van der Waals surface area contributed by atoms with E-state index < -0.39 is 0 Å². The highest BCUT2D eigenvalue weighted by atomic mass is 32.1. The minimum atomic E-state index is 0.314. The molecular formula is C15H22N4S. The van der Waals surface area contributed by atoms with E-state index in [2.05, 4.69) is 41.5 Å². The van der Waals surface area contributed by atoms with Gasteiger partial charge in [-0.2, -0.15) is 0 Å². The van der Waals surface area contributed by atoms with Crippen LogP contribution in [0.2, 0.25) is 0 Å². The molecule has 4 nitrogen and oxygen atoms in total. The molecule has 2 aromatic heterocycles. The first-order chi connectivity index (χ1) is 9.70.